The van der Waals surface area contributed by atoms with Crippen LogP contribution in [0.2, 0.25) is 0 Å². The van der Waals surface area contributed by atoms with Gasteiger partial charge in [0.15, 0.2) is 0 Å². The van der Waals surface area contributed by atoms with Gasteiger partial charge >= 0.3 is 0 Å². The highest BCUT2D eigenvalue weighted by Gasteiger charge is 2.46. The molecule has 48 heavy (non-hydrogen) atoms. The van der Waals surface area contributed by atoms with Gasteiger partial charge in [-0.25, -0.2) is 0 Å². The smallest absolute Gasteiger partial charge is 0.0468 e. The van der Waals surface area contributed by atoms with Crippen molar-refractivity contribution in [3.05, 3.63) is 162 Å². The summed E-state index contributed by atoms with van der Waals surface area (Å²) in [5.74, 6) is 0. The summed E-state index contributed by atoms with van der Waals surface area (Å²) in [6.45, 7) is 14.4. The Kier molecular flexibility index (Phi) is 6.01. The standard InChI is InChI=1S/C47H41N/c1-45(2)42-27-33-16-10-9-15-32(33)26-40(42)39-24-22-35(28-43(39)45)48(34-20-19-30-13-7-8-14-31(30)25-34)36-21-23-38-37-17-11-12-18-41(37)46(3,4)47(5,6)44(38)29-36/h7-29H,1-6H3. The maximum Gasteiger partial charge on any atom is 0.0468 e. The molecule has 1 nitrogen and oxygen atoms in total. The molecule has 2 aliphatic carbocycles. The highest BCUT2D eigenvalue weighted by molar-refractivity contribution is 5.95. The molecule has 0 amide bonds. The molecule has 0 N–H and O–H groups in total. The zero-order valence-electron chi connectivity index (χ0n) is 28.7. The molecule has 1 heteroatoms. The lowest BCUT2D eigenvalue weighted by molar-refractivity contribution is 0.299. The fraction of sp³-hybridized carbons (Fsp3) is 0.191. The quantitative estimate of drug-likeness (QED) is 0.190. The maximum atomic E-state index is 2.48. The van der Waals surface area contributed by atoms with Crippen molar-refractivity contribution in [1.82, 2.24) is 0 Å². The second-order valence-corrected chi connectivity index (χ2v) is 15.5. The lowest BCUT2D eigenvalue weighted by Gasteiger charge is -2.48. The minimum absolute atomic E-state index is 0.0318. The lowest BCUT2D eigenvalue weighted by Crippen LogP contribution is -2.43. The second-order valence-electron chi connectivity index (χ2n) is 15.5. The summed E-state index contributed by atoms with van der Waals surface area (Å²) >= 11 is 0. The Bertz CT molecular complexity index is 2440. The van der Waals surface area contributed by atoms with Gasteiger partial charge in [-0.2, -0.15) is 0 Å². The summed E-state index contributed by atoms with van der Waals surface area (Å²) in [7, 11) is 0. The van der Waals surface area contributed by atoms with Crippen molar-refractivity contribution in [2.45, 2.75) is 57.8 Å². The van der Waals surface area contributed by atoms with E-state index in [1.807, 2.05) is 0 Å². The van der Waals surface area contributed by atoms with E-state index >= 15 is 0 Å². The molecule has 7 aromatic rings. The molecule has 0 saturated heterocycles. The van der Waals surface area contributed by atoms with E-state index in [0.29, 0.717) is 0 Å². The number of benzene rings is 7. The molecule has 0 atom stereocenters. The summed E-state index contributed by atoms with van der Waals surface area (Å²) < 4.78 is 0. The average Bonchev–Trinajstić information content (AvgIpc) is 3.31. The molecule has 0 heterocycles. The molecule has 0 fully saturated rings. The van der Waals surface area contributed by atoms with Crippen LogP contribution >= 0.6 is 0 Å². The average molecular weight is 620 g/mol. The largest absolute Gasteiger partial charge is 0.310 e. The Balaban J connectivity index is 1.26. The SMILES string of the molecule is CC1(C)c2cc(N(c3ccc4c(c3)C(C)(C)C(C)(C)c3ccccc3-4)c3ccc4ccccc4c3)ccc2-c2cc3ccccc3cc21. The van der Waals surface area contributed by atoms with Crippen LogP contribution in [0.3, 0.4) is 0 Å². The minimum Gasteiger partial charge on any atom is -0.310 e. The Hall–Kier alpha value is -5.14. The van der Waals surface area contributed by atoms with Gasteiger partial charge in [0.1, 0.15) is 0 Å². The molecule has 7 aromatic carbocycles. The van der Waals surface area contributed by atoms with E-state index in [1.165, 1.54) is 83.1 Å². The second kappa shape index (κ2) is 9.94. The minimum atomic E-state index is -0.120. The predicted octanol–water partition coefficient (Wildman–Crippen LogP) is 13.0. The van der Waals surface area contributed by atoms with E-state index < -0.39 is 0 Å². The number of fused-ring (bicyclic) bond motifs is 8. The van der Waals surface area contributed by atoms with E-state index in [2.05, 4.69) is 186 Å². The van der Waals surface area contributed by atoms with Crippen molar-refractivity contribution in [1.29, 1.82) is 0 Å². The van der Waals surface area contributed by atoms with Crippen LogP contribution in [0, 0.1) is 0 Å². The summed E-state index contributed by atoms with van der Waals surface area (Å²) in [6, 6.07) is 52.4. The number of hydrogen-bond donors (Lipinski definition) is 0. The zero-order valence-corrected chi connectivity index (χ0v) is 28.7. The Labute approximate surface area is 284 Å². The van der Waals surface area contributed by atoms with Crippen molar-refractivity contribution in [2.24, 2.45) is 0 Å². The van der Waals surface area contributed by atoms with Crippen LogP contribution in [0.25, 0.3) is 43.8 Å². The van der Waals surface area contributed by atoms with Crippen molar-refractivity contribution in [3.8, 4) is 22.3 Å². The number of anilines is 3. The molecule has 234 valence electrons. The third-order valence-electron chi connectivity index (χ3n) is 12.2. The summed E-state index contributed by atoms with van der Waals surface area (Å²) in [5.41, 5.74) is 14.3. The summed E-state index contributed by atoms with van der Waals surface area (Å²) in [5, 5.41) is 5.09. The van der Waals surface area contributed by atoms with E-state index in [0.717, 1.165) is 0 Å². The molecule has 0 saturated carbocycles. The van der Waals surface area contributed by atoms with Crippen molar-refractivity contribution >= 4 is 38.6 Å². The van der Waals surface area contributed by atoms with Crippen molar-refractivity contribution in [3.63, 3.8) is 0 Å². The van der Waals surface area contributed by atoms with Crippen LogP contribution in [-0.4, -0.2) is 0 Å². The third-order valence-corrected chi connectivity index (χ3v) is 12.2. The molecule has 0 spiro atoms. The first kappa shape index (κ1) is 29.0. The predicted molar refractivity (Wildman–Crippen MR) is 205 cm³/mol. The molecule has 0 aliphatic heterocycles. The van der Waals surface area contributed by atoms with Crippen LogP contribution in [0.1, 0.15) is 63.8 Å². The van der Waals surface area contributed by atoms with Crippen LogP contribution in [0.4, 0.5) is 17.1 Å². The molecule has 0 radical (unpaired) electrons. The molecule has 0 bridgehead atoms. The molecule has 9 rings (SSSR count). The topological polar surface area (TPSA) is 3.24 Å². The van der Waals surface area contributed by atoms with E-state index in [9.17, 15) is 0 Å². The van der Waals surface area contributed by atoms with Gasteiger partial charge in [-0.15, -0.1) is 0 Å². The van der Waals surface area contributed by atoms with E-state index in [1.54, 1.807) is 0 Å². The van der Waals surface area contributed by atoms with Gasteiger partial charge in [-0.05, 0) is 125 Å². The van der Waals surface area contributed by atoms with Crippen LogP contribution in [0.15, 0.2) is 140 Å². The highest BCUT2D eigenvalue weighted by Crippen LogP contribution is 2.56. The first-order valence-corrected chi connectivity index (χ1v) is 17.3. The van der Waals surface area contributed by atoms with Crippen LogP contribution in [-0.2, 0) is 16.2 Å². The van der Waals surface area contributed by atoms with Gasteiger partial charge in [0, 0.05) is 22.5 Å². The highest BCUT2D eigenvalue weighted by atomic mass is 15.1. The monoisotopic (exact) mass is 619 g/mol. The van der Waals surface area contributed by atoms with Crippen molar-refractivity contribution < 1.29 is 0 Å². The third kappa shape index (κ3) is 3.97. The normalized spacial score (nSPS) is 16.2. The Morgan fingerprint density at radius 1 is 0.333 bits per heavy atom. The zero-order chi connectivity index (χ0) is 33.0. The van der Waals surface area contributed by atoms with Crippen LogP contribution in [0.5, 0.6) is 0 Å². The Morgan fingerprint density at radius 2 is 0.792 bits per heavy atom. The molecular weight excluding hydrogens is 579 g/mol. The fourth-order valence-electron chi connectivity index (χ4n) is 8.67. The first-order valence-electron chi connectivity index (χ1n) is 17.3. The maximum absolute atomic E-state index is 2.48. The van der Waals surface area contributed by atoms with Crippen molar-refractivity contribution in [2.75, 3.05) is 4.90 Å². The van der Waals surface area contributed by atoms with E-state index in [4.69, 9.17) is 0 Å². The van der Waals surface area contributed by atoms with Gasteiger partial charge in [-0.3, -0.25) is 0 Å². The molecular formula is C47H41N. The molecule has 0 aromatic heterocycles. The molecule has 0 unspecified atom stereocenters. The van der Waals surface area contributed by atoms with Gasteiger partial charge in [-0.1, -0.05) is 133 Å². The fourth-order valence-corrected chi connectivity index (χ4v) is 8.67. The number of nitrogens with zero attached hydrogens (tertiary/aromatic N) is 1. The summed E-state index contributed by atoms with van der Waals surface area (Å²) in [4.78, 5) is 2.48. The first-order chi connectivity index (χ1) is 23.1. The van der Waals surface area contributed by atoms with E-state index in [-0.39, 0.29) is 16.2 Å². The molecule has 2 aliphatic rings. The van der Waals surface area contributed by atoms with Crippen LogP contribution < -0.4 is 4.90 Å². The number of rotatable bonds is 3. The van der Waals surface area contributed by atoms with Gasteiger partial charge < -0.3 is 4.90 Å². The van der Waals surface area contributed by atoms with Gasteiger partial charge in [0.25, 0.3) is 0 Å². The lowest BCUT2D eigenvalue weighted by atomic mass is 9.55. The Morgan fingerprint density at radius 3 is 1.50 bits per heavy atom. The van der Waals surface area contributed by atoms with Gasteiger partial charge in [0.05, 0.1) is 0 Å². The van der Waals surface area contributed by atoms with Gasteiger partial charge in [0.2, 0.25) is 0 Å². The number of hydrogen-bond acceptors (Lipinski definition) is 1. The summed E-state index contributed by atoms with van der Waals surface area (Å²) in [6.07, 6.45) is 0.